The smallest absolute Gasteiger partial charge is 0.323 e. The number of anilines is 1. The first-order valence-corrected chi connectivity index (χ1v) is 6.59. The molecule has 112 valence electrons. The van der Waals surface area contributed by atoms with E-state index in [0.29, 0.717) is 23.1 Å². The number of esters is 1. The van der Waals surface area contributed by atoms with Gasteiger partial charge in [-0.3, -0.25) is 9.59 Å². The van der Waals surface area contributed by atoms with E-state index in [1.165, 1.54) is 7.11 Å². The van der Waals surface area contributed by atoms with Gasteiger partial charge in [-0.25, -0.2) is 4.79 Å². The lowest BCUT2D eigenvalue weighted by molar-refractivity contribution is -0.140. The molecule has 0 spiro atoms. The van der Waals surface area contributed by atoms with E-state index >= 15 is 0 Å². The summed E-state index contributed by atoms with van der Waals surface area (Å²) in [6.45, 7) is 1.84. The summed E-state index contributed by atoms with van der Waals surface area (Å²) in [7, 11) is 1.32. The van der Waals surface area contributed by atoms with Crippen molar-refractivity contribution in [2.75, 3.05) is 12.4 Å². The van der Waals surface area contributed by atoms with Gasteiger partial charge in [0, 0.05) is 18.5 Å². The highest BCUT2D eigenvalue weighted by Gasteiger charge is 2.09. The highest BCUT2D eigenvalue weighted by Crippen LogP contribution is 2.20. The molecule has 21 heavy (non-hydrogen) atoms. The molecule has 7 nitrogen and oxygen atoms in total. The van der Waals surface area contributed by atoms with E-state index < -0.39 is 0 Å². The van der Waals surface area contributed by atoms with E-state index in [4.69, 9.17) is 0 Å². The zero-order valence-corrected chi connectivity index (χ0v) is 11.9. The fourth-order valence-electron chi connectivity index (χ4n) is 2.03. The Morgan fingerprint density at radius 3 is 2.52 bits per heavy atom. The third kappa shape index (κ3) is 3.71. The summed E-state index contributed by atoms with van der Waals surface area (Å²) in [6.07, 6.45) is 0.879. The summed E-state index contributed by atoms with van der Waals surface area (Å²) in [4.78, 5) is 39.3. The van der Waals surface area contributed by atoms with E-state index in [1.54, 1.807) is 12.1 Å². The van der Waals surface area contributed by atoms with Crippen molar-refractivity contribution >= 4 is 28.6 Å². The van der Waals surface area contributed by atoms with Gasteiger partial charge in [0.2, 0.25) is 5.91 Å². The van der Waals surface area contributed by atoms with Gasteiger partial charge in [0.05, 0.1) is 18.1 Å². The van der Waals surface area contributed by atoms with Crippen LogP contribution in [0.15, 0.2) is 16.9 Å². The molecule has 1 aromatic heterocycles. The van der Waals surface area contributed by atoms with Crippen LogP contribution in [0.25, 0.3) is 11.0 Å². The van der Waals surface area contributed by atoms with Gasteiger partial charge in [0.15, 0.2) is 0 Å². The van der Waals surface area contributed by atoms with Gasteiger partial charge in [0.1, 0.15) is 0 Å². The molecular weight excluding hydrogens is 274 g/mol. The van der Waals surface area contributed by atoms with Crippen LogP contribution in [-0.2, 0) is 14.3 Å². The first-order chi connectivity index (χ1) is 9.99. The molecule has 2 aromatic rings. The van der Waals surface area contributed by atoms with Gasteiger partial charge in [0.25, 0.3) is 0 Å². The molecule has 0 bridgehead atoms. The molecule has 0 aliphatic heterocycles. The van der Waals surface area contributed by atoms with Crippen molar-refractivity contribution in [3.63, 3.8) is 0 Å². The molecule has 0 saturated carbocycles. The van der Waals surface area contributed by atoms with Gasteiger partial charge in [-0.1, -0.05) is 0 Å². The first-order valence-electron chi connectivity index (χ1n) is 6.59. The predicted octanol–water partition coefficient (Wildman–Crippen LogP) is 1.45. The van der Waals surface area contributed by atoms with Crippen LogP contribution in [0.3, 0.4) is 0 Å². The molecule has 0 fully saturated rings. The lowest BCUT2D eigenvalue weighted by Gasteiger charge is -2.08. The molecule has 1 heterocycles. The minimum Gasteiger partial charge on any atom is -0.469 e. The Bertz CT molecular complexity index is 729. The Hall–Kier alpha value is -2.57. The molecule has 2 rings (SSSR count). The lowest BCUT2D eigenvalue weighted by atomic mass is 10.1. The summed E-state index contributed by atoms with van der Waals surface area (Å²) in [6, 6.07) is 3.50. The van der Waals surface area contributed by atoms with Crippen molar-refractivity contribution in [1.29, 1.82) is 0 Å². The summed E-state index contributed by atoms with van der Waals surface area (Å²) in [5.74, 6) is -0.510. The van der Waals surface area contributed by atoms with Crippen LogP contribution in [0.2, 0.25) is 0 Å². The van der Waals surface area contributed by atoms with Crippen LogP contribution in [-0.4, -0.2) is 29.0 Å². The van der Waals surface area contributed by atoms with Crippen molar-refractivity contribution < 1.29 is 14.3 Å². The van der Waals surface area contributed by atoms with Crippen molar-refractivity contribution in [3.05, 3.63) is 28.2 Å². The van der Waals surface area contributed by atoms with Gasteiger partial charge < -0.3 is 20.0 Å². The number of H-pyrrole nitrogens is 2. The number of aromatic amines is 2. The van der Waals surface area contributed by atoms with Gasteiger partial charge in [-0.2, -0.15) is 0 Å². The second-order valence-electron chi connectivity index (χ2n) is 4.77. The number of benzene rings is 1. The maximum Gasteiger partial charge on any atom is 0.323 e. The number of carbonyl (C=O) groups is 2. The van der Waals surface area contributed by atoms with Gasteiger partial charge >= 0.3 is 11.7 Å². The molecule has 0 saturated heterocycles. The molecule has 0 aliphatic carbocycles. The lowest BCUT2D eigenvalue weighted by Crippen LogP contribution is -2.13. The number of fused-ring (bicyclic) bond motifs is 1. The number of aryl methyl sites for hydroxylation is 1. The monoisotopic (exact) mass is 291 g/mol. The number of methoxy groups -OCH3 is 1. The highest BCUT2D eigenvalue weighted by atomic mass is 16.5. The standard InChI is InChI=1S/C14H17N3O4/c1-8-6-10-11(17-14(20)16-10)7-9(8)15-12(18)4-3-5-13(19)21-2/h6-7H,3-5H2,1-2H3,(H,15,18)(H2,16,17,20). The third-order valence-corrected chi connectivity index (χ3v) is 3.15. The topological polar surface area (TPSA) is 104 Å². The quantitative estimate of drug-likeness (QED) is 0.725. The number of imidazole rings is 1. The fraction of sp³-hybridized carbons (Fsp3) is 0.357. The number of amides is 1. The number of ether oxygens (including phenoxy) is 1. The van der Waals surface area contributed by atoms with Crippen LogP contribution >= 0.6 is 0 Å². The first kappa shape index (κ1) is 14.8. The molecule has 0 unspecified atom stereocenters. The Morgan fingerprint density at radius 1 is 1.19 bits per heavy atom. The van der Waals surface area contributed by atoms with Crippen LogP contribution < -0.4 is 11.0 Å². The average molecular weight is 291 g/mol. The van der Waals surface area contributed by atoms with Crippen LogP contribution in [0, 0.1) is 6.92 Å². The van der Waals surface area contributed by atoms with Crippen LogP contribution in [0.5, 0.6) is 0 Å². The number of hydrogen-bond acceptors (Lipinski definition) is 4. The third-order valence-electron chi connectivity index (χ3n) is 3.15. The maximum absolute atomic E-state index is 11.8. The Labute approximate surface area is 120 Å². The molecule has 1 aromatic carbocycles. The Morgan fingerprint density at radius 2 is 1.86 bits per heavy atom. The van der Waals surface area contributed by atoms with Crippen molar-refractivity contribution in [2.45, 2.75) is 26.2 Å². The zero-order chi connectivity index (χ0) is 15.4. The average Bonchev–Trinajstić information content (AvgIpc) is 2.78. The van der Waals surface area contributed by atoms with Crippen LogP contribution in [0.4, 0.5) is 5.69 Å². The summed E-state index contributed by atoms with van der Waals surface area (Å²) in [5, 5.41) is 2.78. The zero-order valence-electron chi connectivity index (χ0n) is 11.9. The van der Waals surface area contributed by atoms with Crippen molar-refractivity contribution in [2.24, 2.45) is 0 Å². The highest BCUT2D eigenvalue weighted by molar-refractivity contribution is 5.94. The van der Waals surface area contributed by atoms with E-state index in [0.717, 1.165) is 5.56 Å². The fourth-order valence-corrected chi connectivity index (χ4v) is 2.03. The minimum absolute atomic E-state index is 0.181. The SMILES string of the molecule is COC(=O)CCCC(=O)Nc1cc2[nH]c(=O)[nH]c2cc1C. The van der Waals surface area contributed by atoms with E-state index in [2.05, 4.69) is 20.0 Å². The van der Waals surface area contributed by atoms with Crippen LogP contribution in [0.1, 0.15) is 24.8 Å². The number of rotatable bonds is 5. The second kappa shape index (κ2) is 6.25. The molecular formula is C14H17N3O4. The molecule has 3 N–H and O–H groups in total. The summed E-state index contributed by atoms with van der Waals surface area (Å²) in [5.41, 5.74) is 2.53. The maximum atomic E-state index is 11.8. The van der Waals surface area contributed by atoms with E-state index in [1.807, 2.05) is 6.92 Å². The molecule has 7 heteroatoms. The normalized spacial score (nSPS) is 10.6. The number of carbonyl (C=O) groups excluding carboxylic acids is 2. The Balaban J connectivity index is 2.01. The molecule has 1 amide bonds. The Kier molecular flexibility index (Phi) is 4.42. The van der Waals surface area contributed by atoms with E-state index in [-0.39, 0.29) is 30.4 Å². The predicted molar refractivity (Wildman–Crippen MR) is 78.2 cm³/mol. The second-order valence-corrected chi connectivity index (χ2v) is 4.77. The number of hydrogen-bond donors (Lipinski definition) is 3. The molecule has 0 radical (unpaired) electrons. The minimum atomic E-state index is -0.328. The van der Waals surface area contributed by atoms with Gasteiger partial charge in [-0.15, -0.1) is 0 Å². The summed E-state index contributed by atoms with van der Waals surface area (Å²) < 4.78 is 4.51. The number of aromatic nitrogens is 2. The summed E-state index contributed by atoms with van der Waals surface area (Å²) >= 11 is 0. The molecule has 0 atom stereocenters. The van der Waals surface area contributed by atoms with Crippen molar-refractivity contribution in [1.82, 2.24) is 9.97 Å². The van der Waals surface area contributed by atoms with E-state index in [9.17, 15) is 14.4 Å². The van der Waals surface area contributed by atoms with Gasteiger partial charge in [-0.05, 0) is 31.0 Å². The van der Waals surface area contributed by atoms with Crippen molar-refractivity contribution in [3.8, 4) is 0 Å². The molecule has 0 aliphatic rings. The number of nitrogens with one attached hydrogen (secondary N) is 3. The largest absolute Gasteiger partial charge is 0.469 e.